The third kappa shape index (κ3) is 1.91. The molecule has 0 saturated carbocycles. The van der Waals surface area contributed by atoms with Gasteiger partial charge in [-0.1, -0.05) is 6.92 Å². The molecule has 1 unspecified atom stereocenters. The van der Waals surface area contributed by atoms with Gasteiger partial charge in [0.1, 0.15) is 13.7 Å². The molecule has 1 heterocycles. The second kappa shape index (κ2) is 3.80. The van der Waals surface area contributed by atoms with Gasteiger partial charge < -0.3 is 5.73 Å². The van der Waals surface area contributed by atoms with Crippen LogP contribution in [0.25, 0.3) is 0 Å². The van der Waals surface area contributed by atoms with Gasteiger partial charge in [0.05, 0.1) is 5.69 Å². The van der Waals surface area contributed by atoms with E-state index >= 15 is 0 Å². The van der Waals surface area contributed by atoms with Crippen LogP contribution in [-0.2, 0) is 0 Å². The van der Waals surface area contributed by atoms with Gasteiger partial charge in [0.15, 0.2) is 0 Å². The molecule has 1 aromatic heterocycles. The molecular formula is C7H10BN3S. The van der Waals surface area contributed by atoms with Gasteiger partial charge in [0, 0.05) is 17.0 Å². The van der Waals surface area contributed by atoms with E-state index in [0.717, 1.165) is 6.42 Å². The highest BCUT2D eigenvalue weighted by Crippen LogP contribution is 2.23. The summed E-state index contributed by atoms with van der Waals surface area (Å²) < 4.78 is 0. The minimum atomic E-state index is 0.0148. The maximum atomic E-state index is 5.59. The van der Waals surface area contributed by atoms with E-state index in [1.165, 1.54) is 6.20 Å². The molecule has 0 aliphatic rings. The van der Waals surface area contributed by atoms with Gasteiger partial charge in [-0.2, -0.15) is 12.6 Å². The first-order chi connectivity index (χ1) is 5.65. The minimum absolute atomic E-state index is 0.0148. The van der Waals surface area contributed by atoms with Crippen molar-refractivity contribution in [3.8, 4) is 0 Å². The smallest absolute Gasteiger partial charge is 0.146 e. The molecule has 3 nitrogen and oxygen atoms in total. The van der Waals surface area contributed by atoms with E-state index in [2.05, 4.69) is 22.6 Å². The number of nitrogens with two attached hydrogens (primary N) is 1. The predicted molar refractivity (Wildman–Crippen MR) is 53.9 cm³/mol. The Morgan fingerprint density at radius 2 is 2.42 bits per heavy atom. The number of hydrogen-bond acceptors (Lipinski definition) is 4. The van der Waals surface area contributed by atoms with Gasteiger partial charge >= 0.3 is 0 Å². The lowest BCUT2D eigenvalue weighted by Gasteiger charge is -2.09. The van der Waals surface area contributed by atoms with E-state index in [1.54, 1.807) is 0 Å². The van der Waals surface area contributed by atoms with Crippen molar-refractivity contribution in [2.45, 2.75) is 18.6 Å². The Balaban J connectivity index is 3.04. The van der Waals surface area contributed by atoms with Crippen LogP contribution in [0.5, 0.6) is 0 Å². The van der Waals surface area contributed by atoms with Crippen molar-refractivity contribution in [3.05, 3.63) is 11.9 Å². The number of rotatable bonds is 2. The fourth-order valence-electron chi connectivity index (χ4n) is 0.866. The van der Waals surface area contributed by atoms with E-state index in [1.807, 2.05) is 6.92 Å². The molecule has 1 atom stereocenters. The Bertz CT molecular complexity index is 279. The second-order valence-corrected chi connectivity index (χ2v) is 3.11. The highest BCUT2D eigenvalue weighted by molar-refractivity contribution is 7.80. The van der Waals surface area contributed by atoms with Crippen LogP contribution in [0.4, 0.5) is 5.82 Å². The number of nitrogens with zero attached hydrogens (tertiary/aromatic N) is 2. The Kier molecular flexibility index (Phi) is 2.97. The van der Waals surface area contributed by atoms with Crippen LogP contribution in [0.1, 0.15) is 24.3 Å². The van der Waals surface area contributed by atoms with Crippen molar-refractivity contribution >= 4 is 31.9 Å². The monoisotopic (exact) mass is 179 g/mol. The highest BCUT2D eigenvalue weighted by atomic mass is 32.1. The van der Waals surface area contributed by atoms with Gasteiger partial charge in [0.25, 0.3) is 0 Å². The summed E-state index contributed by atoms with van der Waals surface area (Å²) in [5.74, 6) is 0.408. The quantitative estimate of drug-likeness (QED) is 0.504. The fourth-order valence-corrected chi connectivity index (χ4v) is 1.06. The van der Waals surface area contributed by atoms with E-state index in [0.29, 0.717) is 17.1 Å². The van der Waals surface area contributed by atoms with Crippen LogP contribution in [0.3, 0.4) is 0 Å². The summed E-state index contributed by atoms with van der Waals surface area (Å²) in [7, 11) is 5.46. The largest absolute Gasteiger partial charge is 0.382 e. The normalized spacial score (nSPS) is 12.8. The van der Waals surface area contributed by atoms with Gasteiger partial charge in [-0.3, -0.25) is 4.98 Å². The van der Waals surface area contributed by atoms with Crippen molar-refractivity contribution in [2.75, 3.05) is 5.73 Å². The zero-order valence-electron chi connectivity index (χ0n) is 6.86. The molecule has 0 amide bonds. The van der Waals surface area contributed by atoms with Crippen molar-refractivity contribution in [2.24, 2.45) is 0 Å². The van der Waals surface area contributed by atoms with Gasteiger partial charge in [0.2, 0.25) is 0 Å². The van der Waals surface area contributed by atoms with Crippen molar-refractivity contribution in [1.82, 2.24) is 9.97 Å². The maximum Gasteiger partial charge on any atom is 0.146 e. The Hall–Kier alpha value is -0.705. The summed E-state index contributed by atoms with van der Waals surface area (Å²) in [6.07, 6.45) is 2.29. The lowest BCUT2D eigenvalue weighted by Crippen LogP contribution is -2.15. The predicted octanol–water partition coefficient (Wildman–Crippen LogP) is 0.233. The third-order valence-corrected chi connectivity index (χ3v) is 2.16. The number of anilines is 1. The Labute approximate surface area is 78.6 Å². The summed E-state index contributed by atoms with van der Waals surface area (Å²) in [5, 5.41) is 0.0148. The second-order valence-electron chi connectivity index (χ2n) is 2.49. The molecule has 2 N–H and O–H groups in total. The molecule has 0 bridgehead atoms. The Morgan fingerprint density at radius 3 is 3.00 bits per heavy atom. The van der Waals surface area contributed by atoms with Crippen molar-refractivity contribution in [3.63, 3.8) is 0 Å². The average molecular weight is 179 g/mol. The topological polar surface area (TPSA) is 51.8 Å². The number of hydrogen-bond donors (Lipinski definition) is 2. The summed E-state index contributed by atoms with van der Waals surface area (Å²) in [6, 6.07) is 0. The Morgan fingerprint density at radius 1 is 1.75 bits per heavy atom. The molecule has 0 aliphatic carbocycles. The van der Waals surface area contributed by atoms with Crippen LogP contribution in [-0.4, -0.2) is 17.8 Å². The van der Waals surface area contributed by atoms with Crippen molar-refractivity contribution in [1.29, 1.82) is 0 Å². The molecule has 2 radical (unpaired) electrons. The zero-order chi connectivity index (χ0) is 9.14. The van der Waals surface area contributed by atoms with Gasteiger partial charge in [-0.25, -0.2) is 4.98 Å². The van der Waals surface area contributed by atoms with Gasteiger partial charge in [-0.15, -0.1) is 0 Å². The molecule has 62 valence electrons. The summed E-state index contributed by atoms with van der Waals surface area (Å²) in [5.41, 5.74) is 6.64. The molecule has 0 aliphatic heterocycles. The summed E-state index contributed by atoms with van der Waals surface area (Å²) in [4.78, 5) is 7.95. The van der Waals surface area contributed by atoms with E-state index in [-0.39, 0.29) is 5.25 Å². The van der Waals surface area contributed by atoms with Crippen molar-refractivity contribution < 1.29 is 0 Å². The SMILES string of the molecule is [B]c1cnc(N)c(C(S)CC)n1. The third-order valence-electron chi connectivity index (χ3n) is 1.55. The summed E-state index contributed by atoms with van der Waals surface area (Å²) >= 11 is 4.30. The number of nitrogen functional groups attached to an aromatic ring is 1. The first kappa shape index (κ1) is 9.38. The van der Waals surface area contributed by atoms with Crippen LogP contribution in [0.2, 0.25) is 0 Å². The van der Waals surface area contributed by atoms with Gasteiger partial charge in [-0.05, 0) is 6.42 Å². The lowest BCUT2D eigenvalue weighted by atomic mass is 10.1. The molecule has 0 aromatic carbocycles. The first-order valence-corrected chi connectivity index (χ1v) is 4.22. The molecule has 0 fully saturated rings. The molecule has 0 spiro atoms. The molecule has 1 rings (SSSR count). The van der Waals surface area contributed by atoms with Crippen LogP contribution in [0.15, 0.2) is 6.20 Å². The van der Waals surface area contributed by atoms with Crippen LogP contribution >= 0.6 is 12.6 Å². The number of aromatic nitrogens is 2. The average Bonchev–Trinajstić information content (AvgIpc) is 2.08. The summed E-state index contributed by atoms with van der Waals surface area (Å²) in [6.45, 7) is 2.00. The minimum Gasteiger partial charge on any atom is -0.382 e. The van der Waals surface area contributed by atoms with Crippen LogP contribution < -0.4 is 11.3 Å². The standard InChI is InChI=1S/C7H10BN3S/c1-2-4(12)6-7(9)10-3-5(8)11-6/h3-4,12H,2H2,1H3,(H2,9,10). The van der Waals surface area contributed by atoms with E-state index < -0.39 is 0 Å². The lowest BCUT2D eigenvalue weighted by molar-refractivity contribution is 0.864. The zero-order valence-corrected chi connectivity index (χ0v) is 7.75. The molecule has 5 heteroatoms. The molecule has 0 saturated heterocycles. The van der Waals surface area contributed by atoms with E-state index in [9.17, 15) is 0 Å². The van der Waals surface area contributed by atoms with Crippen LogP contribution in [0, 0.1) is 0 Å². The van der Waals surface area contributed by atoms with E-state index in [4.69, 9.17) is 13.6 Å². The highest BCUT2D eigenvalue weighted by Gasteiger charge is 2.10. The first-order valence-electron chi connectivity index (χ1n) is 3.71. The molecular weight excluding hydrogens is 169 g/mol. The number of thiol groups is 1. The molecule has 1 aromatic rings. The molecule has 12 heavy (non-hydrogen) atoms. The maximum absolute atomic E-state index is 5.59. The fraction of sp³-hybridized carbons (Fsp3) is 0.429.